The number of carbonyl (C=O) groups is 1. The standard InChI is InChI=1S/C15H19N3O2/c1-4-20-14-7-5-12(6-8-14)11(2)17-15(19)13-9-16-18(3)10-13/h5-11H,4H2,1-3H3,(H,17,19). The van der Waals surface area contributed by atoms with Crippen LogP contribution >= 0.6 is 0 Å². The molecule has 1 aromatic carbocycles. The number of rotatable bonds is 5. The van der Waals surface area contributed by atoms with Gasteiger partial charge in [-0.25, -0.2) is 0 Å². The number of aromatic nitrogens is 2. The van der Waals surface area contributed by atoms with Crippen LogP contribution in [0.15, 0.2) is 36.7 Å². The largest absolute Gasteiger partial charge is 0.494 e. The van der Waals surface area contributed by atoms with Gasteiger partial charge in [-0.3, -0.25) is 9.48 Å². The van der Waals surface area contributed by atoms with Gasteiger partial charge in [-0.05, 0) is 31.5 Å². The van der Waals surface area contributed by atoms with Crippen LogP contribution in [0.4, 0.5) is 0 Å². The molecule has 1 atom stereocenters. The normalized spacial score (nSPS) is 11.9. The Morgan fingerprint density at radius 3 is 2.65 bits per heavy atom. The molecule has 0 fully saturated rings. The SMILES string of the molecule is CCOc1ccc(C(C)NC(=O)c2cnn(C)c2)cc1. The number of hydrogen-bond donors (Lipinski definition) is 1. The van der Waals surface area contributed by atoms with Crippen molar-refractivity contribution in [3.05, 3.63) is 47.8 Å². The fourth-order valence-corrected chi connectivity index (χ4v) is 1.92. The Labute approximate surface area is 118 Å². The minimum absolute atomic E-state index is 0.0709. The molecule has 0 aliphatic heterocycles. The van der Waals surface area contributed by atoms with E-state index in [1.807, 2.05) is 38.1 Å². The first-order chi connectivity index (χ1) is 9.60. The second kappa shape index (κ2) is 6.23. The molecule has 1 amide bonds. The van der Waals surface area contributed by atoms with Crippen molar-refractivity contribution in [1.29, 1.82) is 0 Å². The molecule has 5 nitrogen and oxygen atoms in total. The van der Waals surface area contributed by atoms with Crippen molar-refractivity contribution < 1.29 is 9.53 Å². The molecule has 1 unspecified atom stereocenters. The predicted molar refractivity (Wildman–Crippen MR) is 76.7 cm³/mol. The summed E-state index contributed by atoms with van der Waals surface area (Å²) in [6.07, 6.45) is 3.25. The van der Waals surface area contributed by atoms with Crippen LogP contribution in [-0.4, -0.2) is 22.3 Å². The molecule has 20 heavy (non-hydrogen) atoms. The number of hydrogen-bond acceptors (Lipinski definition) is 3. The third kappa shape index (κ3) is 3.38. The van der Waals surface area contributed by atoms with Crippen molar-refractivity contribution >= 4 is 5.91 Å². The zero-order chi connectivity index (χ0) is 14.5. The second-order valence-corrected chi connectivity index (χ2v) is 4.60. The zero-order valence-electron chi connectivity index (χ0n) is 12.0. The Hall–Kier alpha value is -2.30. The van der Waals surface area contributed by atoms with Gasteiger partial charge in [0.1, 0.15) is 5.75 Å². The van der Waals surface area contributed by atoms with Crippen molar-refractivity contribution in [3.63, 3.8) is 0 Å². The van der Waals surface area contributed by atoms with Crippen LogP contribution in [-0.2, 0) is 7.05 Å². The molecule has 5 heteroatoms. The van der Waals surface area contributed by atoms with E-state index in [1.54, 1.807) is 24.1 Å². The summed E-state index contributed by atoms with van der Waals surface area (Å²) in [5.74, 6) is 0.710. The van der Waals surface area contributed by atoms with Crippen molar-refractivity contribution in [1.82, 2.24) is 15.1 Å². The maximum absolute atomic E-state index is 12.0. The van der Waals surface area contributed by atoms with Crippen LogP contribution in [0.3, 0.4) is 0 Å². The van der Waals surface area contributed by atoms with Gasteiger partial charge >= 0.3 is 0 Å². The number of amides is 1. The summed E-state index contributed by atoms with van der Waals surface area (Å²) < 4.78 is 7.00. The molecule has 1 N–H and O–H groups in total. The van der Waals surface area contributed by atoms with Gasteiger partial charge in [0.05, 0.1) is 24.4 Å². The summed E-state index contributed by atoms with van der Waals surface area (Å²) in [5.41, 5.74) is 1.59. The van der Waals surface area contributed by atoms with Gasteiger partial charge in [0.2, 0.25) is 0 Å². The Kier molecular flexibility index (Phi) is 4.40. The molecule has 0 aliphatic rings. The number of nitrogens with one attached hydrogen (secondary N) is 1. The van der Waals surface area contributed by atoms with E-state index in [0.717, 1.165) is 11.3 Å². The van der Waals surface area contributed by atoms with E-state index in [4.69, 9.17) is 4.74 Å². The van der Waals surface area contributed by atoms with Crippen LogP contribution in [0.5, 0.6) is 5.75 Å². The summed E-state index contributed by atoms with van der Waals surface area (Å²) in [5, 5.41) is 6.93. The minimum Gasteiger partial charge on any atom is -0.494 e. The van der Waals surface area contributed by atoms with Gasteiger partial charge in [0.15, 0.2) is 0 Å². The average molecular weight is 273 g/mol. The van der Waals surface area contributed by atoms with Gasteiger partial charge in [-0.2, -0.15) is 5.10 Å². The first-order valence-electron chi connectivity index (χ1n) is 6.62. The molecule has 0 saturated heterocycles. The molecule has 0 spiro atoms. The van der Waals surface area contributed by atoms with E-state index >= 15 is 0 Å². The lowest BCUT2D eigenvalue weighted by molar-refractivity contribution is 0.0940. The first kappa shape index (κ1) is 14.1. The first-order valence-corrected chi connectivity index (χ1v) is 6.62. The molecule has 106 valence electrons. The van der Waals surface area contributed by atoms with Gasteiger partial charge < -0.3 is 10.1 Å². The van der Waals surface area contributed by atoms with Crippen LogP contribution in [0.1, 0.15) is 35.8 Å². The van der Waals surface area contributed by atoms with Crippen LogP contribution < -0.4 is 10.1 Å². The summed E-state index contributed by atoms with van der Waals surface area (Å²) in [7, 11) is 1.78. The van der Waals surface area contributed by atoms with Gasteiger partial charge in [0, 0.05) is 13.2 Å². The number of ether oxygens (including phenoxy) is 1. The lowest BCUT2D eigenvalue weighted by atomic mass is 10.1. The molecular weight excluding hydrogens is 254 g/mol. The molecular formula is C15H19N3O2. The summed E-state index contributed by atoms with van der Waals surface area (Å²) in [4.78, 5) is 12.0. The third-order valence-electron chi connectivity index (χ3n) is 3.01. The van der Waals surface area contributed by atoms with E-state index in [-0.39, 0.29) is 11.9 Å². The fourth-order valence-electron chi connectivity index (χ4n) is 1.92. The second-order valence-electron chi connectivity index (χ2n) is 4.60. The highest BCUT2D eigenvalue weighted by Crippen LogP contribution is 2.18. The number of benzene rings is 1. The zero-order valence-corrected chi connectivity index (χ0v) is 12.0. The summed E-state index contributed by atoms with van der Waals surface area (Å²) in [6, 6.07) is 7.66. The number of nitrogens with zero attached hydrogens (tertiary/aromatic N) is 2. The maximum Gasteiger partial charge on any atom is 0.254 e. The van der Waals surface area contributed by atoms with Crippen molar-refractivity contribution in [2.24, 2.45) is 7.05 Å². The highest BCUT2D eigenvalue weighted by Gasteiger charge is 2.12. The van der Waals surface area contributed by atoms with Crippen LogP contribution in [0, 0.1) is 0 Å². The quantitative estimate of drug-likeness (QED) is 0.909. The van der Waals surface area contributed by atoms with Gasteiger partial charge in [-0.15, -0.1) is 0 Å². The topological polar surface area (TPSA) is 56.1 Å². The van der Waals surface area contributed by atoms with E-state index in [2.05, 4.69) is 10.4 Å². The van der Waals surface area contributed by atoms with E-state index in [9.17, 15) is 4.79 Å². The van der Waals surface area contributed by atoms with Crippen molar-refractivity contribution in [2.75, 3.05) is 6.61 Å². The smallest absolute Gasteiger partial charge is 0.254 e. The molecule has 1 heterocycles. The van der Waals surface area contributed by atoms with Gasteiger partial charge in [-0.1, -0.05) is 12.1 Å². The molecule has 0 aliphatic carbocycles. The molecule has 2 rings (SSSR count). The lowest BCUT2D eigenvalue weighted by Gasteiger charge is -2.14. The Bertz CT molecular complexity index is 575. The predicted octanol–water partition coefficient (Wildman–Crippen LogP) is 2.31. The Balaban J connectivity index is 2.00. The molecule has 2 aromatic rings. The van der Waals surface area contributed by atoms with Gasteiger partial charge in [0.25, 0.3) is 5.91 Å². The maximum atomic E-state index is 12.0. The summed E-state index contributed by atoms with van der Waals surface area (Å²) >= 11 is 0. The fraction of sp³-hybridized carbons (Fsp3) is 0.333. The Morgan fingerprint density at radius 1 is 1.40 bits per heavy atom. The highest BCUT2D eigenvalue weighted by molar-refractivity contribution is 5.93. The van der Waals surface area contributed by atoms with E-state index < -0.39 is 0 Å². The van der Waals surface area contributed by atoms with Crippen LogP contribution in [0.2, 0.25) is 0 Å². The third-order valence-corrected chi connectivity index (χ3v) is 3.01. The minimum atomic E-state index is -0.125. The van der Waals surface area contributed by atoms with Crippen LogP contribution in [0.25, 0.3) is 0 Å². The number of aryl methyl sites for hydroxylation is 1. The highest BCUT2D eigenvalue weighted by atomic mass is 16.5. The summed E-state index contributed by atoms with van der Waals surface area (Å²) in [6.45, 7) is 4.54. The van der Waals surface area contributed by atoms with Crippen molar-refractivity contribution in [3.8, 4) is 5.75 Å². The Morgan fingerprint density at radius 2 is 2.10 bits per heavy atom. The lowest BCUT2D eigenvalue weighted by Crippen LogP contribution is -2.26. The average Bonchev–Trinajstić information content (AvgIpc) is 2.86. The number of carbonyl (C=O) groups excluding carboxylic acids is 1. The van der Waals surface area contributed by atoms with E-state index in [0.29, 0.717) is 12.2 Å². The van der Waals surface area contributed by atoms with E-state index in [1.165, 1.54) is 0 Å². The van der Waals surface area contributed by atoms with Crippen molar-refractivity contribution in [2.45, 2.75) is 19.9 Å². The molecule has 0 radical (unpaired) electrons. The monoisotopic (exact) mass is 273 g/mol. The molecule has 1 aromatic heterocycles. The molecule has 0 saturated carbocycles. The molecule has 0 bridgehead atoms.